The van der Waals surface area contributed by atoms with Gasteiger partial charge in [-0.15, -0.1) is 10.2 Å². The Balaban J connectivity index is 2.24. The highest BCUT2D eigenvalue weighted by Gasteiger charge is 2.25. The summed E-state index contributed by atoms with van der Waals surface area (Å²) in [6.07, 6.45) is 0.931. The van der Waals surface area contributed by atoms with Crippen LogP contribution in [-0.4, -0.2) is 47.5 Å². The van der Waals surface area contributed by atoms with E-state index in [1.807, 2.05) is 13.8 Å². The topological polar surface area (TPSA) is 135 Å². The maximum absolute atomic E-state index is 12.4. The number of rotatable bonds is 8. The lowest BCUT2D eigenvalue weighted by Crippen LogP contribution is -2.37. The molecule has 13 heteroatoms. The SMILES string of the molecule is Cc1ccc([N+](=O)[O-])cc1N(CC(=O)Nc1nnc(SC(C)C)s1)S(C)(=O)=O. The first kappa shape index (κ1) is 22.0. The number of thioether (sulfide) groups is 1. The number of sulfonamides is 1. The van der Waals surface area contributed by atoms with Crippen LogP contribution < -0.4 is 9.62 Å². The Morgan fingerprint density at radius 3 is 2.64 bits per heavy atom. The Labute approximate surface area is 170 Å². The molecule has 1 aromatic heterocycles. The van der Waals surface area contributed by atoms with Crippen molar-refractivity contribution < 1.29 is 18.1 Å². The molecular formula is C15H19N5O5S3. The van der Waals surface area contributed by atoms with Gasteiger partial charge in [0.1, 0.15) is 6.54 Å². The Hall–Kier alpha value is -2.25. The molecule has 1 N–H and O–H groups in total. The number of carbonyl (C=O) groups excluding carboxylic acids is 1. The van der Waals surface area contributed by atoms with Gasteiger partial charge in [0.05, 0.1) is 16.9 Å². The molecular weight excluding hydrogens is 426 g/mol. The summed E-state index contributed by atoms with van der Waals surface area (Å²) in [5, 5.41) is 21.9. The minimum absolute atomic E-state index is 0.0696. The van der Waals surface area contributed by atoms with Gasteiger partial charge >= 0.3 is 0 Å². The van der Waals surface area contributed by atoms with E-state index in [0.29, 0.717) is 15.2 Å². The summed E-state index contributed by atoms with van der Waals surface area (Å²) in [4.78, 5) is 22.8. The number of aromatic nitrogens is 2. The average molecular weight is 446 g/mol. The lowest BCUT2D eigenvalue weighted by molar-refractivity contribution is -0.384. The second-order valence-corrected chi connectivity index (χ2v) is 10.8. The zero-order valence-corrected chi connectivity index (χ0v) is 18.0. The molecule has 0 atom stereocenters. The van der Waals surface area contributed by atoms with Gasteiger partial charge in [-0.1, -0.05) is 43.0 Å². The quantitative estimate of drug-likeness (QED) is 0.283. The van der Waals surface area contributed by atoms with E-state index < -0.39 is 27.4 Å². The lowest BCUT2D eigenvalue weighted by Gasteiger charge is -2.23. The van der Waals surface area contributed by atoms with Crippen LogP contribution in [0.4, 0.5) is 16.5 Å². The summed E-state index contributed by atoms with van der Waals surface area (Å²) >= 11 is 2.67. The Bertz CT molecular complexity index is 990. The number of benzene rings is 1. The summed E-state index contributed by atoms with van der Waals surface area (Å²) in [6.45, 7) is 5.05. The first-order valence-corrected chi connectivity index (χ1v) is 11.5. The zero-order valence-electron chi connectivity index (χ0n) is 15.6. The molecule has 0 unspecified atom stereocenters. The van der Waals surface area contributed by atoms with E-state index in [0.717, 1.165) is 16.6 Å². The van der Waals surface area contributed by atoms with Gasteiger partial charge < -0.3 is 0 Å². The summed E-state index contributed by atoms with van der Waals surface area (Å²) in [6, 6.07) is 3.84. The van der Waals surface area contributed by atoms with Crippen molar-refractivity contribution in [2.24, 2.45) is 0 Å². The molecule has 1 amide bonds. The Morgan fingerprint density at radius 2 is 2.07 bits per heavy atom. The standard InChI is InChI=1S/C15H19N5O5S3/c1-9(2)26-15-18-17-14(27-15)16-13(21)8-19(28(4,24)25)12-7-11(20(22)23)6-5-10(12)3/h5-7,9H,8H2,1-4H3,(H,16,17,21). The van der Waals surface area contributed by atoms with Crippen LogP contribution in [0.25, 0.3) is 0 Å². The van der Waals surface area contributed by atoms with Gasteiger partial charge in [0, 0.05) is 17.4 Å². The number of hydrogen-bond acceptors (Lipinski definition) is 9. The molecule has 1 heterocycles. The lowest BCUT2D eigenvalue weighted by atomic mass is 10.2. The van der Waals surface area contributed by atoms with Crippen molar-refractivity contribution in [3.63, 3.8) is 0 Å². The maximum atomic E-state index is 12.4. The number of nitro benzene ring substituents is 1. The van der Waals surface area contributed by atoms with Crippen molar-refractivity contribution in [1.29, 1.82) is 0 Å². The monoisotopic (exact) mass is 445 g/mol. The van der Waals surface area contributed by atoms with Crippen molar-refractivity contribution in [2.75, 3.05) is 22.4 Å². The van der Waals surface area contributed by atoms with Crippen LogP contribution in [0.15, 0.2) is 22.5 Å². The van der Waals surface area contributed by atoms with Gasteiger partial charge in [0.15, 0.2) is 4.34 Å². The second-order valence-electron chi connectivity index (χ2n) is 6.09. The van der Waals surface area contributed by atoms with Gasteiger partial charge in [-0.25, -0.2) is 8.42 Å². The van der Waals surface area contributed by atoms with Gasteiger partial charge in [0.2, 0.25) is 21.1 Å². The van der Waals surface area contributed by atoms with E-state index in [1.165, 1.54) is 35.2 Å². The van der Waals surface area contributed by atoms with Crippen LogP contribution in [-0.2, 0) is 14.8 Å². The van der Waals surface area contributed by atoms with Crippen LogP contribution in [0.1, 0.15) is 19.4 Å². The van der Waals surface area contributed by atoms with E-state index in [4.69, 9.17) is 0 Å². The molecule has 152 valence electrons. The summed E-state index contributed by atoms with van der Waals surface area (Å²) in [5.41, 5.74) is 0.282. The van der Waals surface area contributed by atoms with Crippen molar-refractivity contribution in [3.8, 4) is 0 Å². The Morgan fingerprint density at radius 1 is 1.39 bits per heavy atom. The highest BCUT2D eigenvalue weighted by Crippen LogP contribution is 2.29. The van der Waals surface area contributed by atoms with E-state index in [9.17, 15) is 23.3 Å². The molecule has 0 aliphatic rings. The number of carbonyl (C=O) groups is 1. The van der Waals surface area contributed by atoms with Crippen molar-refractivity contribution in [3.05, 3.63) is 33.9 Å². The zero-order chi connectivity index (χ0) is 21.1. The molecule has 0 fully saturated rings. The molecule has 0 spiro atoms. The molecule has 2 aromatic rings. The fraction of sp³-hybridized carbons (Fsp3) is 0.400. The van der Waals surface area contributed by atoms with Crippen molar-refractivity contribution >= 4 is 55.5 Å². The number of aryl methyl sites for hydroxylation is 1. The normalized spacial score (nSPS) is 11.5. The number of hydrogen-bond donors (Lipinski definition) is 1. The predicted octanol–water partition coefficient (Wildman–Crippen LogP) is 2.66. The van der Waals surface area contributed by atoms with Crippen LogP contribution >= 0.6 is 23.1 Å². The summed E-state index contributed by atoms with van der Waals surface area (Å²) in [7, 11) is -3.87. The van der Waals surface area contributed by atoms with E-state index in [-0.39, 0.29) is 16.5 Å². The summed E-state index contributed by atoms with van der Waals surface area (Å²) < 4.78 is 26.0. The maximum Gasteiger partial charge on any atom is 0.271 e. The molecule has 0 saturated heterocycles. The van der Waals surface area contributed by atoms with Crippen LogP contribution in [0.5, 0.6) is 0 Å². The van der Waals surface area contributed by atoms with Crippen molar-refractivity contribution in [1.82, 2.24) is 10.2 Å². The fourth-order valence-corrected chi connectivity index (χ4v) is 5.06. The molecule has 10 nitrogen and oxygen atoms in total. The third kappa shape index (κ3) is 5.87. The third-order valence-electron chi connectivity index (χ3n) is 3.35. The molecule has 0 radical (unpaired) electrons. The second kappa shape index (κ2) is 8.84. The number of nitro groups is 1. The number of nitrogens with one attached hydrogen (secondary N) is 1. The molecule has 1 aromatic carbocycles. The molecule has 0 bridgehead atoms. The number of non-ortho nitro benzene ring substituents is 1. The minimum atomic E-state index is -3.87. The predicted molar refractivity (Wildman–Crippen MR) is 110 cm³/mol. The first-order valence-electron chi connectivity index (χ1n) is 8.00. The first-order chi connectivity index (χ1) is 13.0. The van der Waals surface area contributed by atoms with Gasteiger partial charge in [0.25, 0.3) is 5.69 Å². The highest BCUT2D eigenvalue weighted by atomic mass is 32.2. The van der Waals surface area contributed by atoms with Gasteiger partial charge in [-0.3, -0.25) is 24.5 Å². The Kier molecular flexibility index (Phi) is 6.96. The van der Waals surface area contributed by atoms with Crippen LogP contribution in [0.3, 0.4) is 0 Å². The highest BCUT2D eigenvalue weighted by molar-refractivity contribution is 8.01. The van der Waals surface area contributed by atoms with Crippen LogP contribution in [0, 0.1) is 17.0 Å². The van der Waals surface area contributed by atoms with Crippen molar-refractivity contribution in [2.45, 2.75) is 30.4 Å². The van der Waals surface area contributed by atoms with Gasteiger partial charge in [-0.05, 0) is 12.5 Å². The van der Waals surface area contributed by atoms with Gasteiger partial charge in [-0.2, -0.15) is 0 Å². The van der Waals surface area contributed by atoms with E-state index in [2.05, 4.69) is 15.5 Å². The number of anilines is 2. The van der Waals surface area contributed by atoms with E-state index in [1.54, 1.807) is 6.92 Å². The van der Waals surface area contributed by atoms with E-state index >= 15 is 0 Å². The molecule has 2 rings (SSSR count). The number of nitrogens with zero attached hydrogens (tertiary/aromatic N) is 4. The fourth-order valence-electron chi connectivity index (χ4n) is 2.16. The summed E-state index contributed by atoms with van der Waals surface area (Å²) in [5.74, 6) is -0.631. The average Bonchev–Trinajstić information content (AvgIpc) is 2.98. The molecule has 0 aliphatic carbocycles. The minimum Gasteiger partial charge on any atom is -0.299 e. The molecule has 0 saturated carbocycles. The molecule has 0 aliphatic heterocycles. The smallest absolute Gasteiger partial charge is 0.271 e. The molecule has 28 heavy (non-hydrogen) atoms. The van der Waals surface area contributed by atoms with Crippen LogP contribution in [0.2, 0.25) is 0 Å². The third-order valence-corrected chi connectivity index (χ3v) is 6.40. The largest absolute Gasteiger partial charge is 0.299 e. The number of amides is 1.